The standard InChI is InChI=1S/C29H36N2O/c1-5-15-29(30)16-14-26-24-12-8-20-17-22(32)11-13-23(20)27(24)25(18-28(26,29)2)19-6-9-21(10-7-19)31(3)4/h6-7,9-10,17,24-26H,8,11-14,16,18,30H2,1-4H3/t24-,25?,26-,28-,29?/m0/s1. The quantitative estimate of drug-likeness (QED) is 0.644. The normalized spacial score (nSPS) is 35.8. The van der Waals surface area contributed by atoms with Crippen molar-refractivity contribution in [2.45, 2.75) is 70.3 Å². The van der Waals surface area contributed by atoms with Crippen LogP contribution in [0, 0.1) is 29.1 Å². The number of rotatable bonds is 2. The van der Waals surface area contributed by atoms with Gasteiger partial charge in [-0.05, 0) is 92.2 Å². The van der Waals surface area contributed by atoms with Crippen LogP contribution < -0.4 is 10.6 Å². The number of nitrogens with zero attached hydrogens (tertiary/aromatic N) is 1. The zero-order valence-corrected chi connectivity index (χ0v) is 20.0. The summed E-state index contributed by atoms with van der Waals surface area (Å²) >= 11 is 0. The molecule has 1 aromatic carbocycles. The molecule has 0 saturated heterocycles. The highest BCUT2D eigenvalue weighted by molar-refractivity contribution is 5.93. The second-order valence-electron chi connectivity index (χ2n) is 10.9. The van der Waals surface area contributed by atoms with Gasteiger partial charge in [0.2, 0.25) is 0 Å². The summed E-state index contributed by atoms with van der Waals surface area (Å²) in [5.74, 6) is 8.41. The summed E-state index contributed by atoms with van der Waals surface area (Å²) in [5, 5.41) is 0. The molecule has 2 fully saturated rings. The molecule has 0 heterocycles. The lowest BCUT2D eigenvalue weighted by atomic mass is 9.51. The van der Waals surface area contributed by atoms with Gasteiger partial charge in [-0.1, -0.05) is 30.6 Å². The fourth-order valence-corrected chi connectivity index (χ4v) is 7.45. The SMILES string of the molecule is CC#CC1(N)CC[C@H]2[C@@H]3CCC4=CC(=O)CCC4=C3C(c3ccc(N(C)C)cc3)C[C@@]21C. The molecule has 2 unspecified atom stereocenters. The van der Waals surface area contributed by atoms with Crippen molar-refractivity contribution in [3.63, 3.8) is 0 Å². The van der Waals surface area contributed by atoms with E-state index in [1.165, 1.54) is 22.4 Å². The molecule has 3 nitrogen and oxygen atoms in total. The number of nitrogens with two attached hydrogens (primary N) is 1. The Balaban J connectivity index is 1.67. The van der Waals surface area contributed by atoms with Gasteiger partial charge in [0.15, 0.2) is 5.78 Å². The van der Waals surface area contributed by atoms with Gasteiger partial charge < -0.3 is 10.6 Å². The topological polar surface area (TPSA) is 46.3 Å². The van der Waals surface area contributed by atoms with Crippen LogP contribution in [0.5, 0.6) is 0 Å². The number of hydrogen-bond donors (Lipinski definition) is 1. The zero-order valence-electron chi connectivity index (χ0n) is 20.0. The summed E-state index contributed by atoms with van der Waals surface area (Å²) in [6.07, 6.45) is 8.88. The fraction of sp³-hybridized carbons (Fsp3) is 0.552. The van der Waals surface area contributed by atoms with Crippen molar-refractivity contribution in [1.82, 2.24) is 0 Å². The second-order valence-corrected chi connectivity index (χ2v) is 10.9. The van der Waals surface area contributed by atoms with Crippen LogP contribution in [0.25, 0.3) is 0 Å². The van der Waals surface area contributed by atoms with E-state index in [2.05, 4.69) is 62.0 Å². The molecule has 5 rings (SSSR count). The average Bonchev–Trinajstić information content (AvgIpc) is 3.03. The van der Waals surface area contributed by atoms with Gasteiger partial charge in [0.05, 0.1) is 5.54 Å². The van der Waals surface area contributed by atoms with Crippen molar-refractivity contribution in [2.24, 2.45) is 23.0 Å². The fourth-order valence-electron chi connectivity index (χ4n) is 7.45. The molecule has 0 aromatic heterocycles. The minimum absolute atomic E-state index is 0.00132. The lowest BCUT2D eigenvalue weighted by Gasteiger charge is -2.54. The highest BCUT2D eigenvalue weighted by atomic mass is 16.1. The van der Waals surface area contributed by atoms with Crippen LogP contribution in [-0.2, 0) is 4.79 Å². The first-order chi connectivity index (χ1) is 15.3. The van der Waals surface area contributed by atoms with Crippen LogP contribution >= 0.6 is 0 Å². The van der Waals surface area contributed by atoms with Gasteiger partial charge in [0.1, 0.15) is 0 Å². The molecule has 4 aliphatic carbocycles. The van der Waals surface area contributed by atoms with Gasteiger partial charge in [0.25, 0.3) is 0 Å². The van der Waals surface area contributed by atoms with E-state index < -0.39 is 5.54 Å². The van der Waals surface area contributed by atoms with Crippen molar-refractivity contribution in [2.75, 3.05) is 19.0 Å². The molecule has 0 radical (unpaired) electrons. The van der Waals surface area contributed by atoms with Crippen LogP contribution in [0.4, 0.5) is 5.69 Å². The monoisotopic (exact) mass is 428 g/mol. The molecule has 2 N–H and O–H groups in total. The predicted octanol–water partition coefficient (Wildman–Crippen LogP) is 5.37. The minimum Gasteiger partial charge on any atom is -0.378 e. The molecule has 0 aliphatic heterocycles. The van der Waals surface area contributed by atoms with E-state index in [0.29, 0.717) is 30.0 Å². The number of fused-ring (bicyclic) bond motifs is 4. The molecule has 0 spiro atoms. The number of ketones is 1. The molecule has 168 valence electrons. The van der Waals surface area contributed by atoms with Crippen molar-refractivity contribution in [1.29, 1.82) is 0 Å². The molecule has 3 heteroatoms. The lowest BCUT2D eigenvalue weighted by Crippen LogP contribution is -2.55. The van der Waals surface area contributed by atoms with Crippen LogP contribution in [-0.4, -0.2) is 25.4 Å². The summed E-state index contributed by atoms with van der Waals surface area (Å²) in [7, 11) is 4.17. The molecule has 32 heavy (non-hydrogen) atoms. The smallest absolute Gasteiger partial charge is 0.156 e. The van der Waals surface area contributed by atoms with E-state index in [4.69, 9.17) is 5.73 Å². The number of anilines is 1. The predicted molar refractivity (Wildman–Crippen MR) is 131 cm³/mol. The summed E-state index contributed by atoms with van der Waals surface area (Å²) in [6, 6.07) is 9.12. The molecule has 5 atom stereocenters. The molecule has 1 aromatic rings. The molecule has 0 bridgehead atoms. The Morgan fingerprint density at radius 3 is 2.53 bits per heavy atom. The van der Waals surface area contributed by atoms with Crippen molar-refractivity contribution < 1.29 is 4.79 Å². The highest BCUT2D eigenvalue weighted by Crippen LogP contribution is 2.66. The summed E-state index contributed by atoms with van der Waals surface area (Å²) in [5.41, 5.74) is 13.7. The maximum atomic E-state index is 12.2. The number of carbonyl (C=O) groups is 1. The van der Waals surface area contributed by atoms with Crippen LogP contribution in [0.15, 0.2) is 47.1 Å². The third-order valence-corrected chi connectivity index (χ3v) is 9.15. The van der Waals surface area contributed by atoms with Crippen LogP contribution in [0.2, 0.25) is 0 Å². The Labute approximate surface area is 193 Å². The maximum absolute atomic E-state index is 12.2. The van der Waals surface area contributed by atoms with Gasteiger partial charge in [-0.2, -0.15) is 0 Å². The Morgan fingerprint density at radius 2 is 1.84 bits per heavy atom. The lowest BCUT2D eigenvalue weighted by molar-refractivity contribution is -0.114. The van der Waals surface area contributed by atoms with Crippen molar-refractivity contribution >= 4 is 11.5 Å². The van der Waals surface area contributed by atoms with Crippen molar-refractivity contribution in [3.05, 3.63) is 52.6 Å². The van der Waals surface area contributed by atoms with Gasteiger partial charge in [-0.3, -0.25) is 4.79 Å². The zero-order chi connectivity index (χ0) is 22.7. The van der Waals surface area contributed by atoms with Crippen LogP contribution in [0.3, 0.4) is 0 Å². The number of allylic oxidation sites excluding steroid dienone is 4. The van der Waals surface area contributed by atoms with E-state index in [9.17, 15) is 4.79 Å². The van der Waals surface area contributed by atoms with Gasteiger partial charge in [0, 0.05) is 37.5 Å². The summed E-state index contributed by atoms with van der Waals surface area (Å²) in [4.78, 5) is 14.3. The van der Waals surface area contributed by atoms with E-state index in [1.54, 1.807) is 5.57 Å². The molecular weight excluding hydrogens is 392 g/mol. The molecular formula is C29H36N2O. The number of carbonyl (C=O) groups excluding carboxylic acids is 1. The van der Waals surface area contributed by atoms with Gasteiger partial charge in [-0.15, -0.1) is 5.92 Å². The highest BCUT2D eigenvalue weighted by Gasteiger charge is 2.61. The third kappa shape index (κ3) is 3.11. The van der Waals surface area contributed by atoms with E-state index in [-0.39, 0.29) is 5.41 Å². The van der Waals surface area contributed by atoms with Crippen molar-refractivity contribution in [3.8, 4) is 11.8 Å². The Hall–Kier alpha value is -2.31. The maximum Gasteiger partial charge on any atom is 0.156 e. The van der Waals surface area contributed by atoms with Gasteiger partial charge in [-0.25, -0.2) is 0 Å². The summed E-state index contributed by atoms with van der Waals surface area (Å²) in [6.45, 7) is 4.35. The van der Waals surface area contributed by atoms with E-state index in [1.807, 2.05) is 13.0 Å². The number of hydrogen-bond acceptors (Lipinski definition) is 3. The number of benzene rings is 1. The van der Waals surface area contributed by atoms with E-state index >= 15 is 0 Å². The largest absolute Gasteiger partial charge is 0.378 e. The molecule has 2 saturated carbocycles. The molecule has 4 aliphatic rings. The van der Waals surface area contributed by atoms with Crippen LogP contribution in [0.1, 0.15) is 70.3 Å². The minimum atomic E-state index is -0.414. The average molecular weight is 429 g/mol. The third-order valence-electron chi connectivity index (χ3n) is 9.15. The Kier molecular flexibility index (Phi) is 5.13. The Morgan fingerprint density at radius 1 is 1.09 bits per heavy atom. The first kappa shape index (κ1) is 21.5. The molecule has 0 amide bonds. The first-order valence-electron chi connectivity index (χ1n) is 12.2. The first-order valence-corrected chi connectivity index (χ1v) is 12.2. The van der Waals surface area contributed by atoms with Gasteiger partial charge >= 0.3 is 0 Å². The second kappa shape index (κ2) is 7.63. The Bertz CT molecular complexity index is 1070. The summed E-state index contributed by atoms with van der Waals surface area (Å²) < 4.78 is 0. The van der Waals surface area contributed by atoms with E-state index in [0.717, 1.165) is 38.5 Å².